The predicted molar refractivity (Wildman–Crippen MR) is 108 cm³/mol. The lowest BCUT2D eigenvalue weighted by Crippen LogP contribution is -2.23. The molecule has 31 heavy (non-hydrogen) atoms. The molecule has 0 radical (unpaired) electrons. The number of methoxy groups -OCH3 is 2. The molecule has 3 rings (SSSR count). The standard InChI is InChI=1S/C19H17ClF3N5O3/c1-30-16-7-14(17(31-2)6-12(16)20)25-8-18(29)27-13-5-11(19(21,22)23)3-4-15(13)28-10-24-9-26-28/h3-7,9-10,25H,8H2,1-2H3,(H,27,29). The van der Waals surface area contributed by atoms with Gasteiger partial charge in [-0.15, -0.1) is 0 Å². The van der Waals surface area contributed by atoms with Crippen LogP contribution in [0.5, 0.6) is 11.5 Å². The van der Waals surface area contributed by atoms with Crippen LogP contribution in [0.25, 0.3) is 5.69 Å². The molecule has 12 heteroatoms. The van der Waals surface area contributed by atoms with Gasteiger partial charge in [-0.1, -0.05) is 11.6 Å². The number of aromatic nitrogens is 3. The van der Waals surface area contributed by atoms with E-state index in [1.54, 1.807) is 6.07 Å². The second-order valence-corrected chi connectivity index (χ2v) is 6.57. The third-order valence-corrected chi connectivity index (χ3v) is 4.47. The summed E-state index contributed by atoms with van der Waals surface area (Å²) >= 11 is 6.05. The van der Waals surface area contributed by atoms with Crippen LogP contribution in [-0.2, 0) is 11.0 Å². The van der Waals surface area contributed by atoms with E-state index in [9.17, 15) is 18.0 Å². The Morgan fingerprint density at radius 1 is 1.13 bits per heavy atom. The third-order valence-electron chi connectivity index (χ3n) is 4.18. The highest BCUT2D eigenvalue weighted by molar-refractivity contribution is 6.32. The average Bonchev–Trinajstić information content (AvgIpc) is 3.26. The number of hydrogen-bond donors (Lipinski definition) is 2. The minimum atomic E-state index is -4.58. The molecule has 2 aromatic carbocycles. The zero-order valence-corrected chi connectivity index (χ0v) is 17.1. The Balaban J connectivity index is 1.82. The van der Waals surface area contributed by atoms with E-state index in [0.29, 0.717) is 22.2 Å². The number of halogens is 4. The van der Waals surface area contributed by atoms with Gasteiger partial charge < -0.3 is 20.1 Å². The minimum absolute atomic E-state index is 0.0761. The van der Waals surface area contributed by atoms with Crippen molar-refractivity contribution >= 4 is 28.9 Å². The number of benzene rings is 2. The Labute approximate surface area is 179 Å². The van der Waals surface area contributed by atoms with Crippen LogP contribution < -0.4 is 20.1 Å². The Hall–Kier alpha value is -3.47. The first kappa shape index (κ1) is 22.2. The summed E-state index contributed by atoms with van der Waals surface area (Å²) in [6.07, 6.45) is -2.04. The highest BCUT2D eigenvalue weighted by Crippen LogP contribution is 2.36. The van der Waals surface area contributed by atoms with Crippen LogP contribution in [0, 0.1) is 0 Å². The topological polar surface area (TPSA) is 90.3 Å². The van der Waals surface area contributed by atoms with Gasteiger partial charge in [-0.3, -0.25) is 4.79 Å². The molecule has 0 saturated heterocycles. The summed E-state index contributed by atoms with van der Waals surface area (Å²) in [7, 11) is 2.86. The SMILES string of the molecule is COc1cc(NCC(=O)Nc2cc(C(F)(F)F)ccc2-n2cncn2)c(OC)cc1Cl. The van der Waals surface area contributed by atoms with Crippen LogP contribution in [0.2, 0.25) is 5.02 Å². The molecular formula is C19H17ClF3N5O3. The first-order chi connectivity index (χ1) is 14.7. The van der Waals surface area contributed by atoms with Gasteiger partial charge in [-0.05, 0) is 18.2 Å². The van der Waals surface area contributed by atoms with Gasteiger partial charge in [0.05, 0.1) is 48.4 Å². The Morgan fingerprint density at radius 2 is 1.87 bits per heavy atom. The number of rotatable bonds is 7. The molecule has 0 aliphatic heterocycles. The minimum Gasteiger partial charge on any atom is -0.495 e. The van der Waals surface area contributed by atoms with Crippen molar-refractivity contribution in [3.8, 4) is 17.2 Å². The second kappa shape index (κ2) is 9.13. The first-order valence-electron chi connectivity index (χ1n) is 8.74. The molecule has 0 fully saturated rings. The van der Waals surface area contributed by atoms with E-state index < -0.39 is 17.6 Å². The van der Waals surface area contributed by atoms with Crippen LogP contribution in [-0.4, -0.2) is 41.4 Å². The summed E-state index contributed by atoms with van der Waals surface area (Å²) in [5.41, 5.74) is -0.347. The molecule has 3 aromatic rings. The zero-order valence-electron chi connectivity index (χ0n) is 16.3. The molecule has 0 atom stereocenters. The molecule has 0 bridgehead atoms. The molecule has 0 unspecified atom stereocenters. The number of nitrogens with zero attached hydrogens (tertiary/aromatic N) is 3. The normalized spacial score (nSPS) is 11.2. The van der Waals surface area contributed by atoms with Gasteiger partial charge in [-0.2, -0.15) is 18.3 Å². The molecule has 0 spiro atoms. The molecule has 0 aliphatic rings. The van der Waals surface area contributed by atoms with Crippen LogP contribution in [0.15, 0.2) is 43.0 Å². The Morgan fingerprint density at radius 3 is 2.48 bits per heavy atom. The van der Waals surface area contributed by atoms with E-state index >= 15 is 0 Å². The summed E-state index contributed by atoms with van der Waals surface area (Å²) in [5, 5.41) is 9.54. The van der Waals surface area contributed by atoms with E-state index in [4.69, 9.17) is 21.1 Å². The van der Waals surface area contributed by atoms with Gasteiger partial charge >= 0.3 is 6.18 Å². The van der Waals surface area contributed by atoms with Gasteiger partial charge in [0.15, 0.2) is 0 Å². The summed E-state index contributed by atoms with van der Waals surface area (Å²) in [4.78, 5) is 16.3. The third kappa shape index (κ3) is 5.18. The molecule has 1 heterocycles. The van der Waals surface area contributed by atoms with Crippen molar-refractivity contribution < 1.29 is 27.4 Å². The zero-order chi connectivity index (χ0) is 22.6. The highest BCUT2D eigenvalue weighted by atomic mass is 35.5. The van der Waals surface area contributed by atoms with Crippen molar-refractivity contribution in [2.75, 3.05) is 31.4 Å². The fraction of sp³-hybridized carbons (Fsp3) is 0.211. The molecular weight excluding hydrogens is 439 g/mol. The fourth-order valence-electron chi connectivity index (χ4n) is 2.71. The van der Waals surface area contributed by atoms with E-state index in [1.807, 2.05) is 0 Å². The van der Waals surface area contributed by atoms with E-state index in [-0.39, 0.29) is 17.9 Å². The number of anilines is 2. The number of nitrogens with one attached hydrogen (secondary N) is 2. The average molecular weight is 456 g/mol. The van der Waals surface area contributed by atoms with E-state index in [2.05, 4.69) is 20.7 Å². The fourth-order valence-corrected chi connectivity index (χ4v) is 2.94. The summed E-state index contributed by atoms with van der Waals surface area (Å²) in [5.74, 6) is 0.120. The molecule has 8 nitrogen and oxygen atoms in total. The number of carbonyl (C=O) groups excluding carboxylic acids is 1. The number of amides is 1. The van der Waals surface area contributed by atoms with Gasteiger partial charge in [0, 0.05) is 12.1 Å². The smallest absolute Gasteiger partial charge is 0.416 e. The Bertz CT molecular complexity index is 1070. The largest absolute Gasteiger partial charge is 0.495 e. The molecule has 0 aliphatic carbocycles. The number of carbonyl (C=O) groups is 1. The maximum Gasteiger partial charge on any atom is 0.416 e. The summed E-state index contributed by atoms with van der Waals surface area (Å²) in [6.45, 7) is -0.270. The van der Waals surface area contributed by atoms with Gasteiger partial charge in [0.1, 0.15) is 24.2 Å². The monoisotopic (exact) mass is 455 g/mol. The molecule has 1 amide bonds. The van der Waals surface area contributed by atoms with Crippen LogP contribution in [0.3, 0.4) is 0 Å². The van der Waals surface area contributed by atoms with Crippen molar-refractivity contribution in [2.45, 2.75) is 6.18 Å². The second-order valence-electron chi connectivity index (χ2n) is 6.16. The number of ether oxygens (including phenoxy) is 2. The van der Waals surface area contributed by atoms with Crippen molar-refractivity contribution in [3.63, 3.8) is 0 Å². The molecule has 1 aromatic heterocycles. The maximum absolute atomic E-state index is 13.1. The van der Waals surface area contributed by atoms with Crippen molar-refractivity contribution in [3.05, 3.63) is 53.6 Å². The molecule has 164 valence electrons. The quantitative estimate of drug-likeness (QED) is 0.559. The number of hydrogen-bond acceptors (Lipinski definition) is 6. The van der Waals surface area contributed by atoms with Crippen LogP contribution >= 0.6 is 11.6 Å². The van der Waals surface area contributed by atoms with Crippen molar-refractivity contribution in [2.24, 2.45) is 0 Å². The van der Waals surface area contributed by atoms with Gasteiger partial charge in [-0.25, -0.2) is 9.67 Å². The van der Waals surface area contributed by atoms with Gasteiger partial charge in [0.25, 0.3) is 0 Å². The Kier molecular flexibility index (Phi) is 6.54. The van der Waals surface area contributed by atoms with Crippen molar-refractivity contribution in [1.29, 1.82) is 0 Å². The van der Waals surface area contributed by atoms with Crippen LogP contribution in [0.4, 0.5) is 24.5 Å². The van der Waals surface area contributed by atoms with Gasteiger partial charge in [0.2, 0.25) is 5.91 Å². The molecule has 0 saturated carbocycles. The van der Waals surface area contributed by atoms with Crippen molar-refractivity contribution in [1.82, 2.24) is 14.8 Å². The maximum atomic E-state index is 13.1. The van der Waals surface area contributed by atoms with E-state index in [1.165, 1.54) is 43.7 Å². The lowest BCUT2D eigenvalue weighted by molar-refractivity contribution is -0.137. The number of alkyl halides is 3. The summed E-state index contributed by atoms with van der Waals surface area (Å²) in [6, 6.07) is 5.99. The van der Waals surface area contributed by atoms with E-state index in [0.717, 1.165) is 12.1 Å². The lowest BCUT2D eigenvalue weighted by Gasteiger charge is -2.16. The predicted octanol–water partition coefficient (Wildman–Crippen LogP) is 4.01. The summed E-state index contributed by atoms with van der Waals surface area (Å²) < 4.78 is 51.0. The van der Waals surface area contributed by atoms with Crippen LogP contribution in [0.1, 0.15) is 5.56 Å². The molecule has 2 N–H and O–H groups in total. The lowest BCUT2D eigenvalue weighted by atomic mass is 10.1. The first-order valence-corrected chi connectivity index (χ1v) is 9.12. The highest BCUT2D eigenvalue weighted by Gasteiger charge is 2.31.